The molecule has 0 spiro atoms. The lowest BCUT2D eigenvalue weighted by Crippen LogP contribution is -2.43. The number of aliphatic hydroxyl groups is 1. The van der Waals surface area contributed by atoms with Crippen LogP contribution in [0.5, 0.6) is 0 Å². The first-order valence-corrected chi connectivity index (χ1v) is 8.74. The van der Waals surface area contributed by atoms with Crippen LogP contribution in [-0.2, 0) is 11.3 Å². The van der Waals surface area contributed by atoms with E-state index in [-0.39, 0.29) is 31.4 Å². The maximum atomic E-state index is 12.7. The first-order chi connectivity index (χ1) is 13.2. The molecule has 0 aliphatic rings. The number of nitrogens with one attached hydrogen (secondary N) is 1. The van der Waals surface area contributed by atoms with E-state index in [1.165, 1.54) is 0 Å². The van der Waals surface area contributed by atoms with Crippen molar-refractivity contribution in [2.75, 3.05) is 13.2 Å². The Bertz CT molecular complexity index is 905. The number of benzene rings is 2. The van der Waals surface area contributed by atoms with Gasteiger partial charge in [0.2, 0.25) is 6.54 Å². The summed E-state index contributed by atoms with van der Waals surface area (Å²) in [5.74, 6) is -0.254. The Hall–Kier alpha value is -3.31. The van der Waals surface area contributed by atoms with Crippen molar-refractivity contribution in [3.05, 3.63) is 90.3 Å². The highest BCUT2D eigenvalue weighted by Crippen LogP contribution is 2.20. The Morgan fingerprint density at radius 3 is 2.04 bits per heavy atom. The summed E-state index contributed by atoms with van der Waals surface area (Å²) in [6.07, 6.45) is 3.40. The molecule has 0 aliphatic heterocycles. The minimum absolute atomic E-state index is 0.0634. The predicted molar refractivity (Wildman–Crippen MR) is 102 cm³/mol. The summed E-state index contributed by atoms with van der Waals surface area (Å²) in [6, 6.07) is 20.9. The zero-order valence-corrected chi connectivity index (χ0v) is 14.8. The molecule has 1 heterocycles. The number of ketones is 1. The van der Waals surface area contributed by atoms with Crippen LogP contribution in [0.4, 0.5) is 0 Å². The maximum absolute atomic E-state index is 12.7. The smallest absolute Gasteiger partial charge is 0.286 e. The Morgan fingerprint density at radius 2 is 1.41 bits per heavy atom. The van der Waals surface area contributed by atoms with Gasteiger partial charge in [-0.2, -0.15) is 4.57 Å². The van der Waals surface area contributed by atoms with Gasteiger partial charge in [0.1, 0.15) is 0 Å². The monoisotopic (exact) mass is 361 g/mol. The highest BCUT2D eigenvalue weighted by molar-refractivity contribution is 6.09. The van der Waals surface area contributed by atoms with E-state index >= 15 is 0 Å². The van der Waals surface area contributed by atoms with Gasteiger partial charge in [0.05, 0.1) is 6.61 Å². The quantitative estimate of drug-likeness (QED) is 0.499. The second-order valence-electron chi connectivity index (χ2n) is 6.11. The van der Waals surface area contributed by atoms with Crippen LogP contribution in [0.25, 0.3) is 11.1 Å². The molecule has 0 saturated heterocycles. The number of hydrogen-bond donors (Lipinski definition) is 2. The molecule has 2 aromatic carbocycles. The first-order valence-electron chi connectivity index (χ1n) is 8.74. The molecule has 27 heavy (non-hydrogen) atoms. The lowest BCUT2D eigenvalue weighted by Gasteiger charge is -2.04. The molecule has 0 bridgehead atoms. The molecule has 3 aromatic rings. The third-order valence-electron chi connectivity index (χ3n) is 4.17. The van der Waals surface area contributed by atoms with Crippen molar-refractivity contribution in [3.63, 3.8) is 0 Å². The van der Waals surface area contributed by atoms with Gasteiger partial charge in [0, 0.05) is 29.8 Å². The van der Waals surface area contributed by atoms with Crippen LogP contribution in [0.15, 0.2) is 79.1 Å². The summed E-state index contributed by atoms with van der Waals surface area (Å²) in [5.41, 5.74) is 3.35. The number of hydrogen-bond acceptors (Lipinski definition) is 3. The first kappa shape index (κ1) is 18.5. The standard InChI is InChI=1S/C22H20N2O3/c25-15-12-23-21(26)16-24-13-10-20(11-14-24)22(27)19-8-6-18(7-9-19)17-4-2-1-3-5-17/h1-11,13-14,25H,12,15-16H2/p+1. The average Bonchev–Trinajstić information content (AvgIpc) is 2.73. The molecular weight excluding hydrogens is 340 g/mol. The van der Waals surface area contributed by atoms with E-state index in [9.17, 15) is 9.59 Å². The van der Waals surface area contributed by atoms with Crippen LogP contribution in [0.3, 0.4) is 0 Å². The molecule has 0 saturated carbocycles. The molecule has 5 nitrogen and oxygen atoms in total. The number of pyridine rings is 1. The molecule has 0 fully saturated rings. The summed E-state index contributed by atoms with van der Waals surface area (Å²) in [4.78, 5) is 24.3. The normalized spacial score (nSPS) is 10.4. The topological polar surface area (TPSA) is 70.3 Å². The van der Waals surface area contributed by atoms with Crippen molar-refractivity contribution >= 4 is 11.7 Å². The highest BCUT2D eigenvalue weighted by Gasteiger charge is 2.13. The zero-order chi connectivity index (χ0) is 19.1. The Morgan fingerprint density at radius 1 is 0.815 bits per heavy atom. The van der Waals surface area contributed by atoms with Crippen molar-refractivity contribution < 1.29 is 19.3 Å². The molecule has 0 unspecified atom stereocenters. The van der Waals surface area contributed by atoms with Crippen LogP contribution in [0, 0.1) is 0 Å². The van der Waals surface area contributed by atoms with Crippen LogP contribution in [0.1, 0.15) is 15.9 Å². The summed E-state index contributed by atoms with van der Waals surface area (Å²) in [6.45, 7) is 0.280. The predicted octanol–water partition coefficient (Wildman–Crippen LogP) is 1.98. The van der Waals surface area contributed by atoms with E-state index < -0.39 is 0 Å². The Kier molecular flexibility index (Phi) is 6.07. The molecule has 1 aromatic heterocycles. The van der Waals surface area contributed by atoms with Gasteiger partial charge in [-0.3, -0.25) is 9.59 Å². The second-order valence-corrected chi connectivity index (χ2v) is 6.11. The third kappa shape index (κ3) is 4.86. The number of amides is 1. The summed E-state index contributed by atoms with van der Waals surface area (Å²) < 4.78 is 1.68. The molecular formula is C22H21N2O3+. The van der Waals surface area contributed by atoms with E-state index in [2.05, 4.69) is 5.32 Å². The lowest BCUT2D eigenvalue weighted by molar-refractivity contribution is -0.684. The number of carbonyl (C=O) groups is 2. The lowest BCUT2D eigenvalue weighted by atomic mass is 10.00. The van der Waals surface area contributed by atoms with Crippen LogP contribution in [-0.4, -0.2) is 29.9 Å². The van der Waals surface area contributed by atoms with Crippen LogP contribution in [0.2, 0.25) is 0 Å². The molecule has 136 valence electrons. The number of aromatic nitrogens is 1. The van der Waals surface area contributed by atoms with Crippen LogP contribution < -0.4 is 9.88 Å². The molecule has 2 N–H and O–H groups in total. The van der Waals surface area contributed by atoms with Gasteiger partial charge in [-0.05, 0) is 11.1 Å². The van der Waals surface area contributed by atoms with Crippen LogP contribution >= 0.6 is 0 Å². The van der Waals surface area contributed by atoms with Gasteiger partial charge in [-0.1, -0.05) is 54.6 Å². The zero-order valence-electron chi connectivity index (χ0n) is 14.8. The van der Waals surface area contributed by atoms with Crippen molar-refractivity contribution in [2.45, 2.75) is 6.54 Å². The van der Waals surface area contributed by atoms with Crippen molar-refractivity contribution in [3.8, 4) is 11.1 Å². The van der Waals surface area contributed by atoms with Gasteiger partial charge in [-0.25, -0.2) is 0 Å². The van der Waals surface area contributed by atoms with Crippen molar-refractivity contribution in [1.82, 2.24) is 5.32 Å². The van der Waals surface area contributed by atoms with E-state index in [1.807, 2.05) is 54.6 Å². The van der Waals surface area contributed by atoms with Crippen molar-refractivity contribution in [2.24, 2.45) is 0 Å². The highest BCUT2D eigenvalue weighted by atomic mass is 16.3. The molecule has 3 rings (SSSR count). The molecule has 5 heteroatoms. The average molecular weight is 361 g/mol. The molecule has 0 atom stereocenters. The van der Waals surface area contributed by atoms with E-state index in [4.69, 9.17) is 5.11 Å². The molecule has 0 aliphatic carbocycles. The maximum Gasteiger partial charge on any atom is 0.286 e. The van der Waals surface area contributed by atoms with Gasteiger partial charge >= 0.3 is 0 Å². The number of rotatable bonds is 7. The van der Waals surface area contributed by atoms with Gasteiger partial charge in [0.15, 0.2) is 18.2 Å². The minimum Gasteiger partial charge on any atom is -0.395 e. The fraction of sp³-hybridized carbons (Fsp3) is 0.136. The third-order valence-corrected chi connectivity index (χ3v) is 4.17. The SMILES string of the molecule is O=C(C[n+]1ccc(C(=O)c2ccc(-c3ccccc3)cc2)cc1)NCCO. The largest absolute Gasteiger partial charge is 0.395 e. The van der Waals surface area contributed by atoms with E-state index in [0.29, 0.717) is 11.1 Å². The number of aliphatic hydroxyl groups excluding tert-OH is 1. The van der Waals surface area contributed by atoms with Gasteiger partial charge in [0.25, 0.3) is 5.91 Å². The molecule has 1 amide bonds. The minimum atomic E-state index is -0.190. The fourth-order valence-electron chi connectivity index (χ4n) is 2.74. The summed E-state index contributed by atoms with van der Waals surface area (Å²) in [5, 5.41) is 11.3. The van der Waals surface area contributed by atoms with Crippen molar-refractivity contribution in [1.29, 1.82) is 0 Å². The number of carbonyl (C=O) groups excluding carboxylic acids is 2. The fourth-order valence-corrected chi connectivity index (χ4v) is 2.74. The van der Waals surface area contributed by atoms with E-state index in [0.717, 1.165) is 11.1 Å². The summed E-state index contributed by atoms with van der Waals surface area (Å²) >= 11 is 0. The number of nitrogens with zero attached hydrogens (tertiary/aromatic N) is 1. The van der Waals surface area contributed by atoms with E-state index in [1.54, 1.807) is 29.1 Å². The van der Waals surface area contributed by atoms with Gasteiger partial charge in [-0.15, -0.1) is 0 Å². The Balaban J connectivity index is 1.68. The Labute approximate surface area is 157 Å². The van der Waals surface area contributed by atoms with Gasteiger partial charge < -0.3 is 10.4 Å². The molecule has 0 radical (unpaired) electrons. The second kappa shape index (κ2) is 8.87. The summed E-state index contributed by atoms with van der Waals surface area (Å²) in [7, 11) is 0.